The standard InChI is InChI=1S/C13H16N2O2/c16-15(17)13-5-3-11(4-6-13)1-2-12-7-9-14-10-8-12/h1-6,12,14H,7-10H2/b2-1+. The summed E-state index contributed by atoms with van der Waals surface area (Å²) in [4.78, 5) is 10.1. The van der Waals surface area contributed by atoms with E-state index < -0.39 is 0 Å². The van der Waals surface area contributed by atoms with Gasteiger partial charge in [0.1, 0.15) is 0 Å². The van der Waals surface area contributed by atoms with Crippen LogP contribution in [-0.2, 0) is 0 Å². The molecule has 0 bridgehead atoms. The van der Waals surface area contributed by atoms with Crippen molar-refractivity contribution in [3.05, 3.63) is 46.0 Å². The number of benzene rings is 1. The van der Waals surface area contributed by atoms with Gasteiger partial charge in [0.15, 0.2) is 0 Å². The molecule has 2 rings (SSSR count). The Bertz CT molecular complexity index is 406. The molecule has 90 valence electrons. The van der Waals surface area contributed by atoms with E-state index in [9.17, 15) is 10.1 Å². The highest BCUT2D eigenvalue weighted by molar-refractivity contribution is 5.52. The Morgan fingerprint density at radius 2 is 1.88 bits per heavy atom. The summed E-state index contributed by atoms with van der Waals surface area (Å²) in [7, 11) is 0. The van der Waals surface area contributed by atoms with Crippen molar-refractivity contribution in [2.24, 2.45) is 5.92 Å². The first-order chi connectivity index (χ1) is 8.25. The quantitative estimate of drug-likeness (QED) is 0.643. The van der Waals surface area contributed by atoms with Crippen LogP contribution in [0.15, 0.2) is 30.3 Å². The van der Waals surface area contributed by atoms with Crippen molar-refractivity contribution >= 4 is 11.8 Å². The van der Waals surface area contributed by atoms with E-state index in [-0.39, 0.29) is 10.6 Å². The summed E-state index contributed by atoms with van der Waals surface area (Å²) in [6, 6.07) is 6.66. The largest absolute Gasteiger partial charge is 0.317 e. The molecule has 0 radical (unpaired) electrons. The zero-order valence-corrected chi connectivity index (χ0v) is 9.63. The lowest BCUT2D eigenvalue weighted by atomic mass is 9.97. The number of allylic oxidation sites excluding steroid dienone is 1. The Morgan fingerprint density at radius 3 is 2.47 bits per heavy atom. The first kappa shape index (κ1) is 11.8. The first-order valence-corrected chi connectivity index (χ1v) is 5.89. The van der Waals surface area contributed by atoms with Gasteiger partial charge in [-0.15, -0.1) is 0 Å². The summed E-state index contributed by atoms with van der Waals surface area (Å²) in [6.07, 6.45) is 6.61. The molecule has 0 aromatic heterocycles. The smallest absolute Gasteiger partial charge is 0.269 e. The molecule has 1 aliphatic rings. The first-order valence-electron chi connectivity index (χ1n) is 5.89. The van der Waals surface area contributed by atoms with Crippen molar-refractivity contribution in [2.45, 2.75) is 12.8 Å². The molecule has 0 saturated carbocycles. The van der Waals surface area contributed by atoms with Crippen LogP contribution in [0.1, 0.15) is 18.4 Å². The van der Waals surface area contributed by atoms with Gasteiger partial charge in [0, 0.05) is 12.1 Å². The summed E-state index contributed by atoms with van der Waals surface area (Å²) in [5.74, 6) is 0.631. The molecule has 1 aliphatic heterocycles. The summed E-state index contributed by atoms with van der Waals surface area (Å²) in [6.45, 7) is 2.16. The molecule has 1 aromatic carbocycles. The van der Waals surface area contributed by atoms with Crippen molar-refractivity contribution < 1.29 is 4.92 Å². The zero-order chi connectivity index (χ0) is 12.1. The van der Waals surface area contributed by atoms with Crippen molar-refractivity contribution in [1.29, 1.82) is 0 Å². The van der Waals surface area contributed by atoms with Gasteiger partial charge in [0.2, 0.25) is 0 Å². The Labute approximate surface area is 100 Å². The van der Waals surface area contributed by atoms with Crippen LogP contribution in [-0.4, -0.2) is 18.0 Å². The SMILES string of the molecule is O=[N+]([O-])c1ccc(/C=C/C2CCNCC2)cc1. The summed E-state index contributed by atoms with van der Waals surface area (Å²) < 4.78 is 0. The lowest BCUT2D eigenvalue weighted by Crippen LogP contribution is -2.26. The number of nitro benzene ring substituents is 1. The fourth-order valence-electron chi connectivity index (χ4n) is 1.99. The van der Waals surface area contributed by atoms with Gasteiger partial charge < -0.3 is 5.32 Å². The molecular weight excluding hydrogens is 216 g/mol. The van der Waals surface area contributed by atoms with Gasteiger partial charge in [0.25, 0.3) is 5.69 Å². The fraction of sp³-hybridized carbons (Fsp3) is 0.385. The van der Waals surface area contributed by atoms with Crippen molar-refractivity contribution in [2.75, 3.05) is 13.1 Å². The molecule has 0 amide bonds. The van der Waals surface area contributed by atoms with Crippen molar-refractivity contribution in [3.8, 4) is 0 Å². The molecule has 4 heteroatoms. The van der Waals surface area contributed by atoms with Crippen molar-refractivity contribution in [3.63, 3.8) is 0 Å². The predicted molar refractivity (Wildman–Crippen MR) is 67.7 cm³/mol. The van der Waals surface area contributed by atoms with E-state index in [4.69, 9.17) is 0 Å². The molecule has 1 fully saturated rings. The van der Waals surface area contributed by atoms with Crippen LogP contribution in [0, 0.1) is 16.0 Å². The van der Waals surface area contributed by atoms with Gasteiger partial charge in [0.05, 0.1) is 4.92 Å². The van der Waals surface area contributed by atoms with Gasteiger partial charge in [-0.2, -0.15) is 0 Å². The monoisotopic (exact) mass is 232 g/mol. The number of hydrogen-bond acceptors (Lipinski definition) is 3. The van der Waals surface area contributed by atoms with E-state index in [2.05, 4.69) is 17.5 Å². The van der Waals surface area contributed by atoms with Crippen molar-refractivity contribution in [1.82, 2.24) is 5.32 Å². The van der Waals surface area contributed by atoms with Gasteiger partial charge in [-0.25, -0.2) is 0 Å². The maximum atomic E-state index is 10.5. The number of nitrogens with zero attached hydrogens (tertiary/aromatic N) is 1. The number of nitrogens with one attached hydrogen (secondary N) is 1. The van der Waals surface area contributed by atoms with Crippen LogP contribution in [0.2, 0.25) is 0 Å². The topological polar surface area (TPSA) is 55.2 Å². The molecule has 0 atom stereocenters. The minimum absolute atomic E-state index is 0.143. The second kappa shape index (κ2) is 5.59. The summed E-state index contributed by atoms with van der Waals surface area (Å²) in [5, 5.41) is 13.8. The molecule has 4 nitrogen and oxygen atoms in total. The molecule has 17 heavy (non-hydrogen) atoms. The third kappa shape index (κ3) is 3.39. The highest BCUT2D eigenvalue weighted by atomic mass is 16.6. The third-order valence-electron chi connectivity index (χ3n) is 3.05. The predicted octanol–water partition coefficient (Wildman–Crippen LogP) is 2.61. The average Bonchev–Trinajstić information content (AvgIpc) is 2.38. The number of piperidine rings is 1. The highest BCUT2D eigenvalue weighted by Crippen LogP contribution is 2.17. The van der Waals surface area contributed by atoms with Gasteiger partial charge in [-0.3, -0.25) is 10.1 Å². The highest BCUT2D eigenvalue weighted by Gasteiger charge is 2.09. The number of non-ortho nitro benzene ring substituents is 1. The Hall–Kier alpha value is -1.68. The second-order valence-corrected chi connectivity index (χ2v) is 4.30. The van der Waals surface area contributed by atoms with Crippen LogP contribution in [0.3, 0.4) is 0 Å². The molecule has 0 unspecified atom stereocenters. The van der Waals surface area contributed by atoms with Crippen LogP contribution in [0.4, 0.5) is 5.69 Å². The van der Waals surface area contributed by atoms with E-state index in [1.165, 1.54) is 12.8 Å². The molecule has 0 spiro atoms. The Balaban J connectivity index is 1.98. The summed E-state index contributed by atoms with van der Waals surface area (Å²) >= 11 is 0. The molecule has 1 aromatic rings. The fourth-order valence-corrected chi connectivity index (χ4v) is 1.99. The van der Waals surface area contributed by atoms with E-state index in [1.807, 2.05) is 0 Å². The number of nitro groups is 1. The summed E-state index contributed by atoms with van der Waals surface area (Å²) in [5.41, 5.74) is 1.16. The van der Waals surface area contributed by atoms with Crippen LogP contribution < -0.4 is 5.32 Å². The Kier molecular flexibility index (Phi) is 3.88. The van der Waals surface area contributed by atoms with Crippen LogP contribution in [0.25, 0.3) is 6.08 Å². The van der Waals surface area contributed by atoms with Crippen LogP contribution in [0.5, 0.6) is 0 Å². The molecule has 0 aliphatic carbocycles. The van der Waals surface area contributed by atoms with Crippen LogP contribution >= 0.6 is 0 Å². The maximum absolute atomic E-state index is 10.5. The molecular formula is C13H16N2O2. The van der Waals surface area contributed by atoms with E-state index in [0.29, 0.717) is 5.92 Å². The third-order valence-corrected chi connectivity index (χ3v) is 3.05. The lowest BCUT2D eigenvalue weighted by Gasteiger charge is -2.19. The number of hydrogen-bond donors (Lipinski definition) is 1. The minimum atomic E-state index is -0.375. The molecule has 1 heterocycles. The lowest BCUT2D eigenvalue weighted by molar-refractivity contribution is -0.384. The van der Waals surface area contributed by atoms with Gasteiger partial charge in [-0.1, -0.05) is 12.2 Å². The van der Waals surface area contributed by atoms with E-state index >= 15 is 0 Å². The molecule has 1 saturated heterocycles. The number of rotatable bonds is 3. The van der Waals surface area contributed by atoms with E-state index in [0.717, 1.165) is 18.7 Å². The molecule has 1 N–H and O–H groups in total. The average molecular weight is 232 g/mol. The normalized spacial score (nSPS) is 17.4. The second-order valence-electron chi connectivity index (χ2n) is 4.30. The van der Waals surface area contributed by atoms with E-state index in [1.54, 1.807) is 24.3 Å². The maximum Gasteiger partial charge on any atom is 0.269 e. The minimum Gasteiger partial charge on any atom is -0.317 e. The van der Waals surface area contributed by atoms with Gasteiger partial charge in [-0.05, 0) is 49.5 Å². The zero-order valence-electron chi connectivity index (χ0n) is 9.63. The van der Waals surface area contributed by atoms with Gasteiger partial charge >= 0.3 is 0 Å². The Morgan fingerprint density at radius 1 is 1.24 bits per heavy atom.